The number of nitrogens with zero attached hydrogens (tertiary/aromatic N) is 4. The number of halogens is 3. The summed E-state index contributed by atoms with van der Waals surface area (Å²) in [5, 5.41) is 12.9. The number of likely N-dealkylation sites (tertiary alicyclic amines) is 1. The van der Waals surface area contributed by atoms with Crippen LogP contribution in [0.3, 0.4) is 0 Å². The molecular weight excluding hydrogens is 555 g/mol. The minimum absolute atomic E-state index is 0.0241. The van der Waals surface area contributed by atoms with Gasteiger partial charge in [-0.1, -0.05) is 0 Å². The molecule has 1 aliphatic carbocycles. The molecule has 226 valence electrons. The van der Waals surface area contributed by atoms with E-state index in [4.69, 9.17) is 0 Å². The monoisotopic (exact) mass is 595 g/mol. The predicted molar refractivity (Wildman–Crippen MR) is 152 cm³/mol. The number of anilines is 3. The van der Waals surface area contributed by atoms with Gasteiger partial charge in [0.25, 0.3) is 0 Å². The second kappa shape index (κ2) is 10.7. The Labute approximate surface area is 240 Å². The molecule has 2 N–H and O–H groups in total. The lowest BCUT2D eigenvalue weighted by Gasteiger charge is -2.52. The molecule has 1 unspecified atom stereocenters. The molecule has 0 radical (unpaired) electrons. The summed E-state index contributed by atoms with van der Waals surface area (Å²) in [5.41, 5.74) is -1.36. The van der Waals surface area contributed by atoms with Gasteiger partial charge in [0.05, 0.1) is 15.7 Å². The van der Waals surface area contributed by atoms with E-state index in [2.05, 4.69) is 34.0 Å². The van der Waals surface area contributed by atoms with Crippen LogP contribution in [0, 0.1) is 11.3 Å². The van der Waals surface area contributed by atoms with E-state index in [1.165, 1.54) is 17.0 Å². The topological polar surface area (TPSA) is 98.7 Å². The Hall–Kier alpha value is -2.44. The number of nitrogens with one attached hydrogen (secondary N) is 1. The first-order valence-electron chi connectivity index (χ1n) is 14.3. The zero-order valence-corrected chi connectivity index (χ0v) is 24.9. The first kappa shape index (κ1) is 30.0. The molecule has 3 heterocycles. The van der Waals surface area contributed by atoms with Gasteiger partial charge in [-0.05, 0) is 103 Å². The Morgan fingerprint density at radius 1 is 1.07 bits per heavy atom. The minimum Gasteiger partial charge on any atom is -0.390 e. The highest BCUT2D eigenvalue weighted by Gasteiger charge is 2.51. The third-order valence-corrected chi connectivity index (χ3v) is 11.5. The lowest BCUT2D eigenvalue weighted by molar-refractivity contribution is -0.137. The van der Waals surface area contributed by atoms with Crippen LogP contribution in [0.4, 0.5) is 30.6 Å². The van der Waals surface area contributed by atoms with Crippen LogP contribution in [0.1, 0.15) is 65.4 Å². The number of aromatic nitrogens is 2. The van der Waals surface area contributed by atoms with E-state index in [1.807, 2.05) is 0 Å². The SMILES string of the molecule is CC(C)N1CCC2(CC1)CC(S(=O)(=O)c1ccc(Nc3ncc(C(F)(F)F)c(N4CCC(C(C)(C)O)C4)n3)cc1)C2. The standard InChI is InChI=1S/C29H40F3N5O3S/c1-19(2)36-13-10-28(11-14-36)15-23(16-28)41(39,40)22-7-5-21(6-8-22)34-26-33-17-24(29(30,31)32)25(35-26)37-12-9-20(18-37)27(3,4)38/h5-8,17,19-20,23,38H,9-16,18H2,1-4H3,(H,33,34,35). The molecule has 8 nitrogen and oxygen atoms in total. The molecule has 2 aliphatic heterocycles. The molecular formula is C29H40F3N5O3S. The van der Waals surface area contributed by atoms with Gasteiger partial charge in [-0.15, -0.1) is 0 Å². The highest BCUT2D eigenvalue weighted by atomic mass is 32.2. The Morgan fingerprint density at radius 3 is 2.24 bits per heavy atom. The van der Waals surface area contributed by atoms with Crippen LogP contribution in [-0.4, -0.2) is 71.5 Å². The molecule has 1 aromatic heterocycles. The van der Waals surface area contributed by atoms with Crippen LogP contribution in [0.15, 0.2) is 35.4 Å². The molecule has 2 aromatic rings. The van der Waals surface area contributed by atoms with Gasteiger partial charge < -0.3 is 20.2 Å². The van der Waals surface area contributed by atoms with Crippen LogP contribution < -0.4 is 10.2 Å². The van der Waals surface area contributed by atoms with E-state index in [0.29, 0.717) is 37.5 Å². The zero-order chi connectivity index (χ0) is 29.8. The van der Waals surface area contributed by atoms with E-state index in [0.717, 1.165) is 32.1 Å². The van der Waals surface area contributed by atoms with Crippen molar-refractivity contribution in [1.82, 2.24) is 14.9 Å². The van der Waals surface area contributed by atoms with Gasteiger partial charge in [-0.3, -0.25) is 0 Å². The number of aliphatic hydroxyl groups is 1. The normalized spacial score (nSPS) is 22.4. The van der Waals surface area contributed by atoms with E-state index >= 15 is 0 Å². The first-order valence-corrected chi connectivity index (χ1v) is 15.9. The summed E-state index contributed by atoms with van der Waals surface area (Å²) in [6, 6.07) is 6.74. The van der Waals surface area contributed by atoms with Crippen molar-refractivity contribution < 1.29 is 26.7 Å². The molecule has 3 fully saturated rings. The third-order valence-electron chi connectivity index (χ3n) is 9.35. The summed E-state index contributed by atoms with van der Waals surface area (Å²) in [6.07, 6.45) is 0.113. The molecule has 0 amide bonds. The fourth-order valence-corrected chi connectivity index (χ4v) is 8.55. The van der Waals surface area contributed by atoms with Crippen LogP contribution >= 0.6 is 0 Å². The molecule has 1 saturated carbocycles. The highest BCUT2D eigenvalue weighted by molar-refractivity contribution is 7.92. The van der Waals surface area contributed by atoms with Gasteiger partial charge in [0.15, 0.2) is 9.84 Å². The van der Waals surface area contributed by atoms with Crippen LogP contribution in [-0.2, 0) is 16.0 Å². The van der Waals surface area contributed by atoms with E-state index in [9.17, 15) is 26.7 Å². The predicted octanol–water partition coefficient (Wildman–Crippen LogP) is 5.26. The van der Waals surface area contributed by atoms with Crippen molar-refractivity contribution in [2.45, 2.75) is 87.8 Å². The first-order chi connectivity index (χ1) is 19.1. The van der Waals surface area contributed by atoms with Crippen molar-refractivity contribution in [1.29, 1.82) is 0 Å². The summed E-state index contributed by atoms with van der Waals surface area (Å²) in [4.78, 5) is 12.3. The minimum atomic E-state index is -4.64. The zero-order valence-electron chi connectivity index (χ0n) is 24.1. The van der Waals surface area contributed by atoms with Gasteiger partial charge in [-0.25, -0.2) is 13.4 Å². The molecule has 1 atom stereocenters. The smallest absolute Gasteiger partial charge is 0.390 e. The third kappa shape index (κ3) is 6.19. The Balaban J connectivity index is 1.27. The average Bonchev–Trinajstić information content (AvgIpc) is 3.38. The molecule has 41 heavy (non-hydrogen) atoms. The summed E-state index contributed by atoms with van der Waals surface area (Å²) >= 11 is 0. The molecule has 1 spiro atoms. The quantitative estimate of drug-likeness (QED) is 0.447. The van der Waals surface area contributed by atoms with Crippen molar-refractivity contribution in [3.63, 3.8) is 0 Å². The van der Waals surface area contributed by atoms with Gasteiger partial charge in [-0.2, -0.15) is 18.2 Å². The summed E-state index contributed by atoms with van der Waals surface area (Å²) in [7, 11) is -3.48. The van der Waals surface area contributed by atoms with E-state index < -0.39 is 27.2 Å². The highest BCUT2D eigenvalue weighted by Crippen LogP contribution is 2.53. The summed E-state index contributed by atoms with van der Waals surface area (Å²) in [6.45, 7) is 10.3. The van der Waals surface area contributed by atoms with Crippen LogP contribution in [0.2, 0.25) is 0 Å². The second-order valence-electron chi connectivity index (χ2n) is 12.9. The van der Waals surface area contributed by atoms with Crippen molar-refractivity contribution >= 4 is 27.3 Å². The van der Waals surface area contributed by atoms with Crippen LogP contribution in [0.25, 0.3) is 0 Å². The van der Waals surface area contributed by atoms with Gasteiger partial charge in [0, 0.05) is 36.9 Å². The maximum atomic E-state index is 13.8. The fourth-order valence-electron chi connectivity index (χ4n) is 6.50. The Morgan fingerprint density at radius 2 is 1.71 bits per heavy atom. The molecule has 2 saturated heterocycles. The van der Waals surface area contributed by atoms with Gasteiger partial charge in [0.2, 0.25) is 5.95 Å². The number of alkyl halides is 3. The van der Waals surface area contributed by atoms with Crippen LogP contribution in [0.5, 0.6) is 0 Å². The lowest BCUT2D eigenvalue weighted by Crippen LogP contribution is -2.52. The number of piperidine rings is 1. The van der Waals surface area contributed by atoms with Gasteiger partial charge >= 0.3 is 6.18 Å². The molecule has 1 aromatic carbocycles. The second-order valence-corrected chi connectivity index (χ2v) is 15.1. The van der Waals surface area contributed by atoms with Crippen molar-refractivity contribution in [3.05, 3.63) is 36.0 Å². The summed E-state index contributed by atoms with van der Waals surface area (Å²) in [5.74, 6) is -0.453. The fraction of sp³-hybridized carbons (Fsp3) is 0.655. The number of benzene rings is 1. The van der Waals surface area contributed by atoms with Gasteiger partial charge in [0.1, 0.15) is 11.4 Å². The van der Waals surface area contributed by atoms with Crippen molar-refractivity contribution in [3.8, 4) is 0 Å². The van der Waals surface area contributed by atoms with E-state index in [-0.39, 0.29) is 39.8 Å². The maximum absolute atomic E-state index is 13.8. The Bertz CT molecular complexity index is 1340. The van der Waals surface area contributed by atoms with Crippen molar-refractivity contribution in [2.75, 3.05) is 36.4 Å². The molecule has 0 bridgehead atoms. The number of hydrogen-bond acceptors (Lipinski definition) is 8. The maximum Gasteiger partial charge on any atom is 0.421 e. The van der Waals surface area contributed by atoms with Crippen molar-refractivity contribution in [2.24, 2.45) is 11.3 Å². The number of rotatable bonds is 7. The Kier molecular flexibility index (Phi) is 7.82. The largest absolute Gasteiger partial charge is 0.421 e. The average molecular weight is 596 g/mol. The molecule has 5 rings (SSSR count). The molecule has 3 aliphatic rings. The number of sulfone groups is 1. The molecule has 12 heteroatoms. The number of hydrogen-bond donors (Lipinski definition) is 2. The van der Waals surface area contributed by atoms with E-state index in [1.54, 1.807) is 26.0 Å². The summed E-state index contributed by atoms with van der Waals surface area (Å²) < 4.78 is 68.0. The lowest BCUT2D eigenvalue weighted by atomic mass is 9.63.